The molecular weight excluding hydrogens is 479 g/mol. The van der Waals surface area contributed by atoms with E-state index in [0.717, 1.165) is 57.0 Å². The molecular formula is C19H26F2IN5O. The van der Waals surface area contributed by atoms with Crippen molar-refractivity contribution in [2.45, 2.75) is 19.9 Å². The van der Waals surface area contributed by atoms with Crippen LogP contribution >= 0.6 is 24.0 Å². The molecule has 1 aliphatic heterocycles. The van der Waals surface area contributed by atoms with Crippen molar-refractivity contribution < 1.29 is 13.3 Å². The van der Waals surface area contributed by atoms with Crippen molar-refractivity contribution in [3.8, 4) is 0 Å². The minimum Gasteiger partial charge on any atom is -0.364 e. The van der Waals surface area contributed by atoms with Gasteiger partial charge in [0.05, 0.1) is 5.69 Å². The van der Waals surface area contributed by atoms with E-state index in [0.29, 0.717) is 18.5 Å². The molecule has 1 aromatic heterocycles. The predicted octanol–water partition coefficient (Wildman–Crippen LogP) is 2.90. The van der Waals surface area contributed by atoms with Gasteiger partial charge in [-0.15, -0.1) is 24.0 Å². The summed E-state index contributed by atoms with van der Waals surface area (Å²) in [5.74, 6) is -0.777. The van der Waals surface area contributed by atoms with Gasteiger partial charge in [0, 0.05) is 51.9 Å². The van der Waals surface area contributed by atoms with Crippen LogP contribution in [-0.4, -0.2) is 60.2 Å². The van der Waals surface area contributed by atoms with Crippen LogP contribution in [0.15, 0.2) is 40.0 Å². The molecule has 1 aromatic carbocycles. The molecule has 0 saturated carbocycles. The summed E-state index contributed by atoms with van der Waals surface area (Å²) < 4.78 is 31.9. The fraction of sp³-hybridized carbons (Fsp3) is 0.474. The number of guanidine groups is 1. The van der Waals surface area contributed by atoms with E-state index in [-0.39, 0.29) is 24.0 Å². The molecule has 0 aliphatic carbocycles. The van der Waals surface area contributed by atoms with Crippen molar-refractivity contribution in [3.05, 3.63) is 53.4 Å². The smallest absolute Gasteiger partial charge is 0.194 e. The van der Waals surface area contributed by atoms with Gasteiger partial charge in [-0.2, -0.15) is 0 Å². The summed E-state index contributed by atoms with van der Waals surface area (Å²) >= 11 is 0. The number of halogens is 3. The molecule has 1 aliphatic rings. The average molecular weight is 505 g/mol. The van der Waals surface area contributed by atoms with Crippen molar-refractivity contribution in [3.63, 3.8) is 0 Å². The van der Waals surface area contributed by atoms with E-state index in [1.807, 2.05) is 13.0 Å². The van der Waals surface area contributed by atoms with E-state index >= 15 is 0 Å². The standard InChI is InChI=1S/C19H25F2N5O.HI/c1-2-22-19(23-8-6-15-4-3-5-17(20)18(15)21)26-11-9-25(10-12-26)14-16-7-13-27-24-16;/h3-5,7,13H,2,6,8-12,14H2,1H3,(H,22,23);1H. The molecule has 154 valence electrons. The lowest BCUT2D eigenvalue weighted by atomic mass is 10.1. The molecule has 9 heteroatoms. The minimum absolute atomic E-state index is 0. The number of rotatable bonds is 6. The normalized spacial score (nSPS) is 15.4. The zero-order valence-corrected chi connectivity index (χ0v) is 18.2. The van der Waals surface area contributed by atoms with E-state index in [2.05, 4.69) is 25.3 Å². The fourth-order valence-corrected chi connectivity index (χ4v) is 3.12. The maximum absolute atomic E-state index is 13.8. The third-order valence-corrected chi connectivity index (χ3v) is 4.56. The Morgan fingerprint density at radius 1 is 1.21 bits per heavy atom. The molecule has 3 rings (SSSR count). The Labute approximate surface area is 181 Å². The van der Waals surface area contributed by atoms with Gasteiger partial charge in [0.15, 0.2) is 17.6 Å². The summed E-state index contributed by atoms with van der Waals surface area (Å²) in [6.07, 6.45) is 1.95. The summed E-state index contributed by atoms with van der Waals surface area (Å²) in [5, 5.41) is 7.24. The molecule has 28 heavy (non-hydrogen) atoms. The van der Waals surface area contributed by atoms with Gasteiger partial charge in [-0.1, -0.05) is 17.3 Å². The van der Waals surface area contributed by atoms with Crippen LogP contribution in [0.4, 0.5) is 8.78 Å². The molecule has 0 spiro atoms. The second-order valence-corrected chi connectivity index (χ2v) is 6.45. The van der Waals surface area contributed by atoms with E-state index in [4.69, 9.17) is 4.52 Å². The number of aliphatic imine (C=N–C) groups is 1. The van der Waals surface area contributed by atoms with Gasteiger partial charge >= 0.3 is 0 Å². The molecule has 0 unspecified atom stereocenters. The van der Waals surface area contributed by atoms with Crippen LogP contribution < -0.4 is 5.32 Å². The molecule has 6 nitrogen and oxygen atoms in total. The second-order valence-electron chi connectivity index (χ2n) is 6.45. The Morgan fingerprint density at radius 2 is 2.00 bits per heavy atom. The van der Waals surface area contributed by atoms with E-state index in [1.54, 1.807) is 12.3 Å². The van der Waals surface area contributed by atoms with E-state index in [1.165, 1.54) is 6.07 Å². The third kappa shape index (κ3) is 6.13. The number of nitrogens with zero attached hydrogens (tertiary/aromatic N) is 4. The first kappa shape index (κ1) is 22.5. The lowest BCUT2D eigenvalue weighted by molar-refractivity contribution is 0.169. The second kappa shape index (κ2) is 11.3. The quantitative estimate of drug-likeness (QED) is 0.372. The number of nitrogens with one attached hydrogen (secondary N) is 1. The Morgan fingerprint density at radius 3 is 2.68 bits per heavy atom. The van der Waals surface area contributed by atoms with E-state index in [9.17, 15) is 8.78 Å². The molecule has 0 radical (unpaired) electrons. The predicted molar refractivity (Wildman–Crippen MR) is 115 cm³/mol. The Balaban J connectivity index is 0.00000280. The van der Waals surface area contributed by atoms with E-state index < -0.39 is 11.6 Å². The van der Waals surface area contributed by atoms with Crippen molar-refractivity contribution in [1.82, 2.24) is 20.3 Å². The van der Waals surface area contributed by atoms with Crippen LogP contribution in [0.2, 0.25) is 0 Å². The van der Waals surface area contributed by atoms with Crippen molar-refractivity contribution >= 4 is 29.9 Å². The van der Waals surface area contributed by atoms with Crippen LogP contribution in [0, 0.1) is 11.6 Å². The summed E-state index contributed by atoms with van der Waals surface area (Å²) in [6.45, 7) is 7.44. The first-order valence-corrected chi connectivity index (χ1v) is 9.25. The largest absolute Gasteiger partial charge is 0.364 e. The molecule has 0 atom stereocenters. The van der Waals surface area contributed by atoms with Gasteiger partial charge in [0.25, 0.3) is 0 Å². The fourth-order valence-electron chi connectivity index (χ4n) is 3.12. The zero-order chi connectivity index (χ0) is 19.1. The highest BCUT2D eigenvalue weighted by Crippen LogP contribution is 2.12. The maximum Gasteiger partial charge on any atom is 0.194 e. The number of hydrogen-bond acceptors (Lipinski definition) is 4. The number of aromatic nitrogens is 1. The molecule has 1 N–H and O–H groups in total. The SMILES string of the molecule is CCNC(=NCCc1cccc(F)c1F)N1CCN(Cc2ccon2)CC1.I. The monoisotopic (exact) mass is 505 g/mol. The number of hydrogen-bond donors (Lipinski definition) is 1. The molecule has 2 aromatic rings. The molecule has 1 fully saturated rings. The van der Waals surface area contributed by atoms with Crippen LogP contribution in [0.5, 0.6) is 0 Å². The Bertz CT molecular complexity index is 749. The van der Waals surface area contributed by atoms with Crippen molar-refractivity contribution in [2.75, 3.05) is 39.3 Å². The van der Waals surface area contributed by atoms with Gasteiger partial charge in [-0.05, 0) is 25.0 Å². The summed E-state index contributed by atoms with van der Waals surface area (Å²) in [6, 6.07) is 6.13. The van der Waals surface area contributed by atoms with Gasteiger partial charge in [0.2, 0.25) is 0 Å². The van der Waals surface area contributed by atoms with Gasteiger partial charge in [-0.3, -0.25) is 9.89 Å². The highest BCUT2D eigenvalue weighted by Gasteiger charge is 2.20. The maximum atomic E-state index is 13.8. The topological polar surface area (TPSA) is 56.9 Å². The average Bonchev–Trinajstić information content (AvgIpc) is 3.18. The van der Waals surface area contributed by atoms with Crippen LogP contribution in [-0.2, 0) is 13.0 Å². The van der Waals surface area contributed by atoms with Crippen molar-refractivity contribution in [2.24, 2.45) is 4.99 Å². The lowest BCUT2D eigenvalue weighted by Crippen LogP contribution is -2.52. The van der Waals surface area contributed by atoms with Crippen LogP contribution in [0.25, 0.3) is 0 Å². The highest BCUT2D eigenvalue weighted by atomic mass is 127. The number of benzene rings is 1. The molecule has 2 heterocycles. The minimum atomic E-state index is -0.813. The summed E-state index contributed by atoms with van der Waals surface area (Å²) in [7, 11) is 0. The highest BCUT2D eigenvalue weighted by molar-refractivity contribution is 14.0. The molecule has 0 bridgehead atoms. The Kier molecular flexibility index (Phi) is 9.10. The van der Waals surface area contributed by atoms with Gasteiger partial charge in [0.1, 0.15) is 6.26 Å². The summed E-state index contributed by atoms with van der Waals surface area (Å²) in [4.78, 5) is 9.12. The lowest BCUT2D eigenvalue weighted by Gasteiger charge is -2.36. The van der Waals surface area contributed by atoms with Gasteiger partial charge in [-0.25, -0.2) is 8.78 Å². The van der Waals surface area contributed by atoms with Gasteiger partial charge < -0.3 is 14.7 Å². The summed E-state index contributed by atoms with van der Waals surface area (Å²) in [5.41, 5.74) is 1.29. The first-order chi connectivity index (χ1) is 13.2. The molecule has 1 saturated heterocycles. The third-order valence-electron chi connectivity index (χ3n) is 4.56. The molecule has 0 amide bonds. The zero-order valence-electron chi connectivity index (χ0n) is 15.9. The van der Waals surface area contributed by atoms with Crippen molar-refractivity contribution in [1.29, 1.82) is 0 Å². The number of piperazine rings is 1. The van der Waals surface area contributed by atoms with Crippen LogP contribution in [0.1, 0.15) is 18.2 Å². The van der Waals surface area contributed by atoms with Crippen LogP contribution in [0.3, 0.4) is 0 Å². The first-order valence-electron chi connectivity index (χ1n) is 9.25. The Hall–Kier alpha value is -1.75.